The average molecular weight is 386 g/mol. The molecule has 0 saturated heterocycles. The molecule has 1 aliphatic heterocycles. The van der Waals surface area contributed by atoms with Crippen molar-refractivity contribution in [1.82, 2.24) is 0 Å². The van der Waals surface area contributed by atoms with E-state index in [4.69, 9.17) is 23.5 Å². The molecule has 0 radical (unpaired) electrons. The van der Waals surface area contributed by atoms with Crippen molar-refractivity contribution < 1.29 is 23.5 Å². The molecule has 0 aliphatic carbocycles. The fourth-order valence-corrected chi connectivity index (χ4v) is 4.01. The first-order valence-electron chi connectivity index (χ1n) is 9.31. The molecule has 144 valence electrons. The Labute approximate surface area is 168 Å². The SMILES string of the molecule is COc1cccc2c1OB(c1c3c(OC)cccc3cc3cccc(OC)c13)O2. The lowest BCUT2D eigenvalue weighted by molar-refractivity contribution is 0.397. The van der Waals surface area contributed by atoms with Gasteiger partial charge in [0.15, 0.2) is 11.5 Å². The maximum Gasteiger partial charge on any atom is 0.634 e. The fourth-order valence-electron chi connectivity index (χ4n) is 4.01. The number of rotatable bonds is 4. The molecule has 0 saturated carbocycles. The summed E-state index contributed by atoms with van der Waals surface area (Å²) in [5.41, 5.74) is 0.866. The minimum absolute atomic E-state index is 0.593. The number of fused-ring (bicyclic) bond motifs is 3. The largest absolute Gasteiger partial charge is 0.634 e. The molecule has 6 heteroatoms. The molecule has 1 heterocycles. The van der Waals surface area contributed by atoms with Crippen molar-refractivity contribution in [3.63, 3.8) is 0 Å². The van der Waals surface area contributed by atoms with Crippen LogP contribution in [-0.2, 0) is 0 Å². The van der Waals surface area contributed by atoms with E-state index >= 15 is 0 Å². The summed E-state index contributed by atoms with van der Waals surface area (Å²) in [6.07, 6.45) is 0. The van der Waals surface area contributed by atoms with Gasteiger partial charge in [-0.3, -0.25) is 0 Å². The summed E-state index contributed by atoms with van der Waals surface area (Å²) in [6, 6.07) is 19.7. The van der Waals surface area contributed by atoms with Crippen molar-refractivity contribution in [3.8, 4) is 28.7 Å². The van der Waals surface area contributed by atoms with E-state index in [9.17, 15) is 0 Å². The summed E-state index contributed by atoms with van der Waals surface area (Å²) >= 11 is 0. The summed E-state index contributed by atoms with van der Waals surface area (Å²) in [4.78, 5) is 0. The smallest absolute Gasteiger partial charge is 0.519 e. The van der Waals surface area contributed by atoms with Crippen LogP contribution in [0.3, 0.4) is 0 Å². The first kappa shape index (κ1) is 17.6. The zero-order chi connectivity index (χ0) is 20.0. The van der Waals surface area contributed by atoms with E-state index in [0.29, 0.717) is 17.2 Å². The van der Waals surface area contributed by atoms with Gasteiger partial charge < -0.3 is 23.5 Å². The van der Waals surface area contributed by atoms with Crippen LogP contribution in [0.1, 0.15) is 0 Å². The van der Waals surface area contributed by atoms with Crippen LogP contribution < -0.4 is 29.0 Å². The Kier molecular flexibility index (Phi) is 4.12. The maximum absolute atomic E-state index is 6.27. The number of hydrogen-bond donors (Lipinski definition) is 0. The third-order valence-corrected chi connectivity index (χ3v) is 5.26. The summed E-state index contributed by atoms with van der Waals surface area (Å²) in [5, 5.41) is 3.94. The van der Waals surface area contributed by atoms with Crippen LogP contribution in [0.2, 0.25) is 0 Å². The van der Waals surface area contributed by atoms with Crippen LogP contribution in [0.15, 0.2) is 60.7 Å². The minimum atomic E-state index is -0.667. The van der Waals surface area contributed by atoms with Crippen molar-refractivity contribution in [3.05, 3.63) is 60.7 Å². The molecule has 5 rings (SSSR count). The van der Waals surface area contributed by atoms with Gasteiger partial charge in [-0.1, -0.05) is 30.3 Å². The van der Waals surface area contributed by atoms with Gasteiger partial charge in [-0.15, -0.1) is 0 Å². The molecule has 1 aliphatic rings. The second-order valence-corrected chi connectivity index (χ2v) is 6.76. The van der Waals surface area contributed by atoms with Gasteiger partial charge in [0, 0.05) is 16.2 Å². The highest BCUT2D eigenvalue weighted by atomic mass is 16.6. The lowest BCUT2D eigenvalue weighted by Crippen LogP contribution is -2.40. The molecule has 0 aromatic heterocycles. The molecule has 0 unspecified atom stereocenters. The standard InChI is InChI=1S/C23H19BO5/c1-25-16-9-4-7-14-13-15-8-5-10-17(26-2)21(15)22(20(14)16)24-28-19-12-6-11-18(27-3)23(19)29-24/h4-13H,1-3H3. The van der Waals surface area contributed by atoms with E-state index in [2.05, 4.69) is 18.2 Å². The number of methoxy groups -OCH3 is 3. The van der Waals surface area contributed by atoms with Crippen molar-refractivity contribution in [2.45, 2.75) is 0 Å². The van der Waals surface area contributed by atoms with E-state index in [1.165, 1.54) is 0 Å². The van der Waals surface area contributed by atoms with Gasteiger partial charge in [-0.05, 0) is 41.1 Å². The molecular formula is C23H19BO5. The predicted molar refractivity (Wildman–Crippen MR) is 114 cm³/mol. The topological polar surface area (TPSA) is 46.2 Å². The third kappa shape index (κ3) is 2.63. The molecule has 0 atom stereocenters. The Morgan fingerprint density at radius 2 is 1.21 bits per heavy atom. The average Bonchev–Trinajstić information content (AvgIpc) is 3.20. The van der Waals surface area contributed by atoms with Crippen LogP contribution in [0.25, 0.3) is 21.5 Å². The van der Waals surface area contributed by atoms with E-state index in [1.54, 1.807) is 21.3 Å². The fraction of sp³-hybridized carbons (Fsp3) is 0.130. The molecule has 0 fully saturated rings. The number of benzene rings is 4. The first-order valence-corrected chi connectivity index (χ1v) is 9.31. The lowest BCUT2D eigenvalue weighted by Gasteiger charge is -2.17. The van der Waals surface area contributed by atoms with E-state index in [-0.39, 0.29) is 0 Å². The first-order chi connectivity index (χ1) is 14.2. The van der Waals surface area contributed by atoms with Gasteiger partial charge in [0.05, 0.1) is 21.3 Å². The van der Waals surface area contributed by atoms with Crippen LogP contribution >= 0.6 is 0 Å². The Hall–Kier alpha value is -3.54. The van der Waals surface area contributed by atoms with Gasteiger partial charge in [0.2, 0.25) is 0 Å². The van der Waals surface area contributed by atoms with Crippen molar-refractivity contribution in [2.24, 2.45) is 0 Å². The number of para-hydroxylation sites is 1. The number of ether oxygens (including phenoxy) is 3. The Morgan fingerprint density at radius 1 is 0.655 bits per heavy atom. The quantitative estimate of drug-likeness (QED) is 0.389. The molecule has 0 bridgehead atoms. The highest BCUT2D eigenvalue weighted by Gasteiger charge is 2.40. The lowest BCUT2D eigenvalue weighted by atomic mass is 9.72. The van der Waals surface area contributed by atoms with Crippen LogP contribution in [0, 0.1) is 0 Å². The highest BCUT2D eigenvalue weighted by Crippen LogP contribution is 2.43. The minimum Gasteiger partial charge on any atom is -0.519 e. The summed E-state index contributed by atoms with van der Waals surface area (Å²) in [5.74, 6) is 3.37. The van der Waals surface area contributed by atoms with Crippen molar-refractivity contribution in [1.29, 1.82) is 0 Å². The summed E-state index contributed by atoms with van der Waals surface area (Å²) in [7, 11) is 4.28. The third-order valence-electron chi connectivity index (χ3n) is 5.26. The van der Waals surface area contributed by atoms with Crippen molar-refractivity contribution >= 4 is 34.1 Å². The van der Waals surface area contributed by atoms with Crippen molar-refractivity contribution in [2.75, 3.05) is 21.3 Å². The molecule has 29 heavy (non-hydrogen) atoms. The van der Waals surface area contributed by atoms with Crippen LogP contribution in [-0.4, -0.2) is 28.4 Å². The second kappa shape index (κ2) is 6.81. The second-order valence-electron chi connectivity index (χ2n) is 6.76. The molecule has 4 aromatic rings. The van der Waals surface area contributed by atoms with Crippen LogP contribution in [0.4, 0.5) is 0 Å². The molecule has 0 N–H and O–H groups in total. The zero-order valence-corrected chi connectivity index (χ0v) is 16.4. The number of hydrogen-bond acceptors (Lipinski definition) is 5. The highest BCUT2D eigenvalue weighted by molar-refractivity contribution is 6.70. The molecular weight excluding hydrogens is 367 g/mol. The normalized spacial score (nSPS) is 12.4. The van der Waals surface area contributed by atoms with Gasteiger partial charge >= 0.3 is 7.12 Å². The van der Waals surface area contributed by atoms with E-state index in [1.807, 2.05) is 42.5 Å². The Bertz CT molecular complexity index is 1180. The molecule has 0 spiro atoms. The van der Waals surface area contributed by atoms with Gasteiger partial charge in [-0.2, -0.15) is 0 Å². The summed E-state index contributed by atoms with van der Waals surface area (Å²) < 4.78 is 29.4. The zero-order valence-electron chi connectivity index (χ0n) is 16.4. The molecule has 0 amide bonds. The predicted octanol–water partition coefficient (Wildman–Crippen LogP) is 4.19. The molecule has 5 nitrogen and oxygen atoms in total. The van der Waals surface area contributed by atoms with Gasteiger partial charge in [0.25, 0.3) is 0 Å². The Balaban J connectivity index is 1.83. The Morgan fingerprint density at radius 3 is 1.79 bits per heavy atom. The van der Waals surface area contributed by atoms with E-state index < -0.39 is 7.12 Å². The monoisotopic (exact) mass is 386 g/mol. The van der Waals surface area contributed by atoms with Gasteiger partial charge in [0.1, 0.15) is 17.2 Å². The van der Waals surface area contributed by atoms with Crippen LogP contribution in [0.5, 0.6) is 28.7 Å². The van der Waals surface area contributed by atoms with E-state index in [0.717, 1.165) is 38.5 Å². The summed E-state index contributed by atoms with van der Waals surface area (Å²) in [6.45, 7) is 0. The maximum atomic E-state index is 6.27. The van der Waals surface area contributed by atoms with Gasteiger partial charge in [-0.25, -0.2) is 0 Å². The molecule has 4 aromatic carbocycles.